The maximum absolute atomic E-state index is 12.1. The third-order valence-corrected chi connectivity index (χ3v) is 5.13. The fourth-order valence-electron chi connectivity index (χ4n) is 1.74. The van der Waals surface area contributed by atoms with Crippen LogP contribution in [0.25, 0.3) is 10.9 Å². The molecule has 5 heteroatoms. The second-order valence-corrected chi connectivity index (χ2v) is 8.71. The summed E-state index contributed by atoms with van der Waals surface area (Å²) in [7, 11) is -1.11. The molecule has 0 aliphatic heterocycles. The van der Waals surface area contributed by atoms with Crippen molar-refractivity contribution in [3.8, 4) is 0 Å². The summed E-state index contributed by atoms with van der Waals surface area (Å²) in [5.41, 5.74) is 1.83. The molecular formula is C15H19BrN2OS. The van der Waals surface area contributed by atoms with Gasteiger partial charge in [0, 0.05) is 9.86 Å². The molecule has 0 unspecified atom stereocenters. The Hall–Kier alpha value is -0.780. The summed E-state index contributed by atoms with van der Waals surface area (Å²) in [6, 6.07) is 9.99. The zero-order chi connectivity index (χ0) is 14.9. The first-order chi connectivity index (χ1) is 9.27. The molecule has 0 aliphatic rings. The first-order valence-corrected chi connectivity index (χ1v) is 8.46. The number of aromatic nitrogens is 1. The molecule has 1 aromatic carbocycles. The molecule has 108 valence electrons. The van der Waals surface area contributed by atoms with E-state index >= 15 is 0 Å². The molecule has 2 rings (SSSR count). The Morgan fingerprint density at radius 2 is 1.90 bits per heavy atom. The fourth-order valence-corrected chi connectivity index (χ4v) is 2.89. The van der Waals surface area contributed by atoms with Crippen LogP contribution in [0.5, 0.6) is 0 Å². The van der Waals surface area contributed by atoms with E-state index in [0.717, 1.165) is 21.1 Å². The Morgan fingerprint density at radius 3 is 2.55 bits per heavy atom. The van der Waals surface area contributed by atoms with E-state index in [-0.39, 0.29) is 10.8 Å². The van der Waals surface area contributed by atoms with Gasteiger partial charge in [-0.1, -0.05) is 28.1 Å². The molecule has 0 saturated carbocycles. The summed E-state index contributed by atoms with van der Waals surface area (Å²) >= 11 is 3.46. The molecule has 3 nitrogen and oxygen atoms in total. The van der Waals surface area contributed by atoms with Crippen LogP contribution in [0.15, 0.2) is 34.8 Å². The van der Waals surface area contributed by atoms with Crippen LogP contribution in [-0.4, -0.2) is 13.9 Å². The Bertz CT molecular complexity index is 652. The van der Waals surface area contributed by atoms with Crippen molar-refractivity contribution >= 4 is 37.8 Å². The van der Waals surface area contributed by atoms with Crippen LogP contribution < -0.4 is 4.72 Å². The predicted molar refractivity (Wildman–Crippen MR) is 88.9 cm³/mol. The molecule has 2 atom stereocenters. The molecule has 0 saturated heterocycles. The van der Waals surface area contributed by atoms with E-state index in [4.69, 9.17) is 0 Å². The molecule has 2 aromatic rings. The van der Waals surface area contributed by atoms with Gasteiger partial charge in [-0.25, -0.2) is 8.93 Å². The molecule has 0 spiro atoms. The van der Waals surface area contributed by atoms with Gasteiger partial charge < -0.3 is 0 Å². The predicted octanol–water partition coefficient (Wildman–Crippen LogP) is 4.11. The summed E-state index contributed by atoms with van der Waals surface area (Å²) < 4.78 is 16.0. The van der Waals surface area contributed by atoms with Crippen molar-refractivity contribution < 1.29 is 4.21 Å². The third-order valence-electron chi connectivity index (χ3n) is 2.96. The second-order valence-electron chi connectivity index (χ2n) is 5.79. The van der Waals surface area contributed by atoms with E-state index in [0.29, 0.717) is 0 Å². The van der Waals surface area contributed by atoms with Crippen LogP contribution in [0.2, 0.25) is 0 Å². The molecule has 0 radical (unpaired) electrons. The molecule has 0 amide bonds. The average Bonchev–Trinajstić information content (AvgIpc) is 2.36. The molecule has 0 fully saturated rings. The average molecular weight is 355 g/mol. The molecule has 20 heavy (non-hydrogen) atoms. The van der Waals surface area contributed by atoms with Crippen LogP contribution in [-0.2, 0) is 11.0 Å². The highest BCUT2D eigenvalue weighted by molar-refractivity contribution is 9.10. The Kier molecular flexibility index (Phi) is 4.62. The SMILES string of the molecule is C[C@H](N[S@](=O)C(C)(C)C)c1ccc2ccc(Br)cc2n1. The normalized spacial score (nSPS) is 15.2. The van der Waals surface area contributed by atoms with Gasteiger partial charge in [-0.05, 0) is 45.9 Å². The lowest BCUT2D eigenvalue weighted by atomic mass is 10.1. The van der Waals surface area contributed by atoms with Crippen LogP contribution in [0.4, 0.5) is 0 Å². The van der Waals surface area contributed by atoms with Crippen molar-refractivity contribution in [2.75, 3.05) is 0 Å². The highest BCUT2D eigenvalue weighted by Crippen LogP contribution is 2.21. The zero-order valence-corrected chi connectivity index (χ0v) is 14.5. The number of fused-ring (bicyclic) bond motifs is 1. The van der Waals surface area contributed by atoms with E-state index in [1.54, 1.807) is 0 Å². The Labute approximate surface area is 130 Å². The van der Waals surface area contributed by atoms with E-state index in [2.05, 4.69) is 25.6 Å². The van der Waals surface area contributed by atoms with Crippen molar-refractivity contribution in [3.63, 3.8) is 0 Å². The van der Waals surface area contributed by atoms with Crippen LogP contribution in [0.1, 0.15) is 39.4 Å². The maximum Gasteiger partial charge on any atom is 0.0976 e. The van der Waals surface area contributed by atoms with Crippen molar-refractivity contribution in [2.45, 2.75) is 38.5 Å². The van der Waals surface area contributed by atoms with Crippen molar-refractivity contribution in [1.82, 2.24) is 9.71 Å². The van der Waals surface area contributed by atoms with Crippen LogP contribution in [0, 0.1) is 0 Å². The molecular weight excluding hydrogens is 336 g/mol. The van der Waals surface area contributed by atoms with Gasteiger partial charge in [-0.3, -0.25) is 4.98 Å². The van der Waals surface area contributed by atoms with Gasteiger partial charge in [0.2, 0.25) is 0 Å². The van der Waals surface area contributed by atoms with Gasteiger partial charge in [0.15, 0.2) is 0 Å². The first-order valence-electron chi connectivity index (χ1n) is 6.51. The lowest BCUT2D eigenvalue weighted by molar-refractivity contribution is 0.612. The topological polar surface area (TPSA) is 42.0 Å². The van der Waals surface area contributed by atoms with Gasteiger partial charge in [0.25, 0.3) is 0 Å². The summed E-state index contributed by atoms with van der Waals surface area (Å²) in [5.74, 6) is 0. The molecule has 1 aromatic heterocycles. The minimum atomic E-state index is -1.11. The number of rotatable bonds is 3. The lowest BCUT2D eigenvalue weighted by Gasteiger charge is -2.21. The number of benzene rings is 1. The minimum Gasteiger partial charge on any atom is -0.251 e. The first kappa shape index (κ1) is 15.6. The van der Waals surface area contributed by atoms with Crippen molar-refractivity contribution in [2.24, 2.45) is 0 Å². The molecule has 1 heterocycles. The number of pyridine rings is 1. The number of hydrogen-bond acceptors (Lipinski definition) is 2. The van der Waals surface area contributed by atoms with Gasteiger partial charge in [-0.2, -0.15) is 0 Å². The quantitative estimate of drug-likeness (QED) is 0.900. The monoisotopic (exact) mass is 354 g/mol. The number of nitrogens with one attached hydrogen (secondary N) is 1. The van der Waals surface area contributed by atoms with Gasteiger partial charge in [0.05, 0.1) is 33.0 Å². The standard InChI is InChI=1S/C15H19BrN2OS/c1-10(18-20(19)15(2,3)4)13-8-6-11-5-7-12(16)9-14(11)17-13/h5-10,18H,1-4H3/t10-,20+/m0/s1. The highest BCUT2D eigenvalue weighted by atomic mass is 79.9. The van der Waals surface area contributed by atoms with E-state index in [1.807, 2.05) is 58.0 Å². The van der Waals surface area contributed by atoms with Gasteiger partial charge in [-0.15, -0.1) is 0 Å². The van der Waals surface area contributed by atoms with Crippen molar-refractivity contribution in [1.29, 1.82) is 0 Å². The van der Waals surface area contributed by atoms with Gasteiger partial charge in [0.1, 0.15) is 0 Å². The maximum atomic E-state index is 12.1. The number of hydrogen-bond donors (Lipinski definition) is 1. The summed E-state index contributed by atoms with van der Waals surface area (Å²) in [6.45, 7) is 7.84. The van der Waals surface area contributed by atoms with Crippen LogP contribution in [0.3, 0.4) is 0 Å². The Balaban J connectivity index is 2.26. The largest absolute Gasteiger partial charge is 0.251 e. The van der Waals surface area contributed by atoms with E-state index in [1.165, 1.54) is 0 Å². The summed E-state index contributed by atoms with van der Waals surface area (Å²) in [5, 5.41) is 1.10. The fraction of sp³-hybridized carbons (Fsp3) is 0.400. The third kappa shape index (κ3) is 3.65. The second kappa shape index (κ2) is 5.92. The van der Waals surface area contributed by atoms with Gasteiger partial charge >= 0.3 is 0 Å². The highest BCUT2D eigenvalue weighted by Gasteiger charge is 2.22. The number of nitrogens with zero attached hydrogens (tertiary/aromatic N) is 1. The smallest absolute Gasteiger partial charge is 0.0976 e. The zero-order valence-electron chi connectivity index (χ0n) is 12.1. The molecule has 1 N–H and O–H groups in total. The summed E-state index contributed by atoms with van der Waals surface area (Å²) in [6.07, 6.45) is 0. The summed E-state index contributed by atoms with van der Waals surface area (Å²) in [4.78, 5) is 4.64. The number of halogens is 1. The minimum absolute atomic E-state index is 0.0570. The Morgan fingerprint density at radius 1 is 1.25 bits per heavy atom. The van der Waals surface area contributed by atoms with Crippen LogP contribution >= 0.6 is 15.9 Å². The van der Waals surface area contributed by atoms with Crippen molar-refractivity contribution in [3.05, 3.63) is 40.5 Å². The lowest BCUT2D eigenvalue weighted by Crippen LogP contribution is -2.35. The molecule has 0 bridgehead atoms. The van der Waals surface area contributed by atoms with E-state index in [9.17, 15) is 4.21 Å². The van der Waals surface area contributed by atoms with E-state index < -0.39 is 11.0 Å². The molecule has 0 aliphatic carbocycles.